The third-order valence-electron chi connectivity index (χ3n) is 17.6. The monoisotopic (exact) mass is 1790 g/mol. The van der Waals surface area contributed by atoms with E-state index in [-0.39, 0.29) is 163 Å². The first-order valence-corrected chi connectivity index (χ1v) is 41.2. The van der Waals surface area contributed by atoms with Gasteiger partial charge in [0.05, 0.1) is 40.5 Å². The fourth-order valence-corrected chi connectivity index (χ4v) is 15.5. The number of aliphatic hydroxyl groups is 2. The van der Waals surface area contributed by atoms with Crippen LogP contribution < -0.4 is 13.4 Å². The molecule has 16 rings (SSSR count). The molecule has 6 heterocycles. The smallest absolute Gasteiger partial charge is 0 e. The number of hydrogen-bond donors (Lipinski definition) is 2. The zero-order valence-electron chi connectivity index (χ0n) is 74.0. The molecule has 0 unspecified atom stereocenters. The summed E-state index contributed by atoms with van der Waals surface area (Å²) in [5.74, 6) is 8.24. The molecular formula is C91H92GeIr2N5O4-. The van der Waals surface area contributed by atoms with Gasteiger partial charge < -0.3 is 15.2 Å². The van der Waals surface area contributed by atoms with Gasteiger partial charge in [0, 0.05) is 90.1 Å². The molecule has 528 valence electrons. The van der Waals surface area contributed by atoms with Crippen molar-refractivity contribution in [1.82, 2.24) is 14.5 Å². The van der Waals surface area contributed by atoms with E-state index in [9.17, 15) is 11.0 Å². The molecule has 2 radical (unpaired) electrons. The van der Waals surface area contributed by atoms with Crippen LogP contribution in [-0.2, 0) is 62.9 Å². The number of ketones is 2. The van der Waals surface area contributed by atoms with Gasteiger partial charge in [-0.3, -0.25) is 14.6 Å². The number of carbonyl (C=O) groups is 2. The average Bonchev–Trinajstić information content (AvgIpc) is 1.53. The van der Waals surface area contributed by atoms with Gasteiger partial charge in [-0.25, -0.2) is 15.7 Å². The van der Waals surface area contributed by atoms with Gasteiger partial charge in [-0.2, -0.15) is 28.7 Å². The summed E-state index contributed by atoms with van der Waals surface area (Å²) >= 11 is -1.70. The summed E-state index contributed by atoms with van der Waals surface area (Å²) in [6.45, 7) is 22.0. The molecule has 4 aromatic heterocycles. The Kier molecular flexibility index (Phi) is 19.8. The number of aromatic nitrogens is 5. The number of hydrogen-bond acceptors (Lipinski definition) is 6. The third-order valence-corrected chi connectivity index (χ3v) is 21.9. The number of carbonyl (C=O) groups excluding carboxylic acids is 2. The van der Waals surface area contributed by atoms with Crippen LogP contribution >= 0.6 is 0 Å². The predicted octanol–water partition coefficient (Wildman–Crippen LogP) is 21.1. The van der Waals surface area contributed by atoms with Crippen molar-refractivity contribution in [1.29, 1.82) is 0 Å². The molecule has 0 bridgehead atoms. The standard InChI is InChI=1S/C25H21N2.C24H26.C17H11N2.C15H18GeN.2C5H8O2.2Ir/c1-15-10-11-21-20(12-15)19-9-5-8-18-13-26-14-22(27(21)25(26)24(18)19)23-16(2)6-4-7-17(23)3;1-15(2)19-13-23(16(3)4)22-9-7-8-21(24(22)14-19)20-11-17(5)10-18(6)12-20;1-11-10-18-16-14-8-4-2-6-12(14)13-7-3-5-9-15(13)17(16)19-11;1-16(2,3)13-8-9-15-14-7-5-4-6-12(14)10-17(15)11-13;2*1-4(6)3-5(2)7;;/h4-12,14H,13H2,1-3H3;7,9-11,13-16H,1-6H3;2-7,9-10H,1H3;4-9,11H,10H2,1-3H3;2*3,6H,1-2H3;;/q+1;-2;-1;+1;;;;/i2D3,4D,5D,6D,7D,8D,9D,10D,11D,12D,14D;;;;;;;. The predicted molar refractivity (Wildman–Crippen MR) is 422 cm³/mol. The largest absolute Gasteiger partial charge is 0 e. The minimum atomic E-state index is -2.91. The minimum absolute atomic E-state index is 0. The van der Waals surface area contributed by atoms with Crippen LogP contribution in [0.1, 0.15) is 141 Å². The van der Waals surface area contributed by atoms with Crippen molar-refractivity contribution in [2.24, 2.45) is 0 Å². The molecule has 0 saturated carbocycles. The van der Waals surface area contributed by atoms with Gasteiger partial charge >= 0.3 is 105 Å². The van der Waals surface area contributed by atoms with E-state index in [1.807, 2.05) is 31.3 Å². The molecule has 0 spiro atoms. The maximum atomic E-state index is 10.0. The van der Waals surface area contributed by atoms with Gasteiger partial charge in [0.15, 0.2) is 17.3 Å². The van der Waals surface area contributed by atoms with Crippen molar-refractivity contribution in [3.63, 3.8) is 0 Å². The second kappa shape index (κ2) is 33.2. The van der Waals surface area contributed by atoms with Crippen LogP contribution in [-0.4, -0.2) is 49.6 Å². The maximum absolute atomic E-state index is 10.0. The van der Waals surface area contributed by atoms with Crippen molar-refractivity contribution >= 4 is 99.9 Å². The van der Waals surface area contributed by atoms with Gasteiger partial charge in [-0.1, -0.05) is 142 Å². The summed E-state index contributed by atoms with van der Waals surface area (Å²) in [5.41, 5.74) is 14.6. The third kappa shape index (κ3) is 17.3. The normalized spacial score (nSPS) is 13.9. The Labute approximate surface area is 655 Å². The Morgan fingerprint density at radius 3 is 2.02 bits per heavy atom. The summed E-state index contributed by atoms with van der Waals surface area (Å²) in [6, 6.07) is 48.1. The summed E-state index contributed by atoms with van der Waals surface area (Å²) < 4.78 is 118. The fraction of sp³-hybridized carbons (Fsp3) is 0.231. The van der Waals surface area contributed by atoms with E-state index < -0.39 is 37.8 Å². The van der Waals surface area contributed by atoms with Gasteiger partial charge in [0.25, 0.3) is 5.65 Å². The minimum Gasteiger partial charge on any atom is 0 e. The molecule has 2 N–H and O–H groups in total. The fourth-order valence-electron chi connectivity index (χ4n) is 13.1. The Morgan fingerprint density at radius 1 is 0.660 bits per heavy atom. The van der Waals surface area contributed by atoms with E-state index in [0.717, 1.165) is 39.6 Å². The number of benzene rings is 10. The van der Waals surface area contributed by atoms with Crippen molar-refractivity contribution in [3.05, 3.63) is 286 Å². The molecule has 103 heavy (non-hydrogen) atoms. The Hall–Kier alpha value is -9.06. The number of aryl methyl sites for hydroxylation is 3. The van der Waals surface area contributed by atoms with E-state index in [4.69, 9.17) is 26.7 Å². The number of pyridine rings is 2. The number of allylic oxidation sites excluding steroid dienone is 4. The van der Waals surface area contributed by atoms with Crippen LogP contribution in [0, 0.1) is 59.7 Å². The van der Waals surface area contributed by atoms with E-state index >= 15 is 0 Å². The second-order valence-electron chi connectivity index (χ2n) is 27.6. The molecule has 2 aliphatic heterocycles. The van der Waals surface area contributed by atoms with E-state index in [2.05, 4.69) is 195 Å². The SMILES string of the molecule is CC(=O)C=C(C)O.CC(=O)C=C(C)O.Cc1[c-]c(-c2[c-]ccc3c(C(C)C)cc(C(C)C)cc23)cc(C)c1.Cc1cnc2c3[c-]cccc3c3ccccc3c2n1.[2H]c1c([2H])c(C)c(-c2c([2H])n3c4c5c(c([2H])c([2H])c([2H])c5c5c([2H])c(C)c([2H])c([2H])c5[n+]24)C3)c(C([2H])([2H])[2H])c1[2H].[CH3][Ge]([CH3])([CH3])[c]1ccc2[n+](c1)Cc1ccccc1-2.[Ir].[Ir]. The van der Waals surface area contributed by atoms with Crippen molar-refractivity contribution in [2.45, 2.75) is 139 Å². The Bertz CT molecular complexity index is 6280. The first-order chi connectivity index (χ1) is 53.5. The molecule has 14 aromatic rings. The molecule has 0 fully saturated rings. The average molecular weight is 1790 g/mol. The molecule has 12 heteroatoms. The van der Waals surface area contributed by atoms with Crippen LogP contribution in [0.25, 0.3) is 104 Å². The Morgan fingerprint density at radius 2 is 1.35 bits per heavy atom. The van der Waals surface area contributed by atoms with Crippen molar-refractivity contribution in [3.8, 4) is 33.6 Å². The summed E-state index contributed by atoms with van der Waals surface area (Å²) in [5, 5.41) is 24.5. The quantitative estimate of drug-likeness (QED) is 0.0410. The zero-order valence-corrected chi connectivity index (χ0v) is 67.8. The topological polar surface area (TPSA) is 113 Å². The number of fused-ring (bicyclic) bond motifs is 13. The number of aliphatic hydroxyl groups excluding tert-OH is 2. The molecule has 9 nitrogen and oxygen atoms in total. The Balaban J connectivity index is 0.000000174. The van der Waals surface area contributed by atoms with Crippen molar-refractivity contribution < 1.29 is 86.8 Å². The summed E-state index contributed by atoms with van der Waals surface area (Å²) in [4.78, 5) is 29.3. The number of imidazole rings is 1. The molecular weight excluding hydrogens is 1680 g/mol. The van der Waals surface area contributed by atoms with Crippen LogP contribution in [0.2, 0.25) is 17.3 Å². The first kappa shape index (κ1) is 61.4. The summed E-state index contributed by atoms with van der Waals surface area (Å²) in [6.07, 6.45) is 6.28. The molecule has 10 aromatic carbocycles. The van der Waals surface area contributed by atoms with Gasteiger partial charge in [-0.15, -0.1) is 69.8 Å². The second-order valence-corrected chi connectivity index (χ2v) is 38.3. The first-order valence-electron chi connectivity index (χ1n) is 40.4. The molecule has 0 amide bonds. The van der Waals surface area contributed by atoms with Crippen LogP contribution in [0.3, 0.4) is 0 Å². The number of nitrogens with zero attached hydrogens (tertiary/aromatic N) is 5. The molecule has 0 saturated heterocycles. The van der Waals surface area contributed by atoms with Crippen molar-refractivity contribution in [2.75, 3.05) is 0 Å². The summed E-state index contributed by atoms with van der Waals surface area (Å²) in [7, 11) is 0. The molecule has 0 aliphatic carbocycles. The molecule has 2 aliphatic rings. The van der Waals surface area contributed by atoms with Crippen LogP contribution in [0.15, 0.2) is 212 Å². The van der Waals surface area contributed by atoms with Gasteiger partial charge in [0.1, 0.15) is 19.6 Å². The van der Waals surface area contributed by atoms with Gasteiger partial charge in [-0.05, 0) is 95.8 Å². The van der Waals surface area contributed by atoms with E-state index in [1.54, 1.807) is 4.40 Å². The molecule has 0 atom stereocenters. The van der Waals surface area contributed by atoms with E-state index in [0.29, 0.717) is 22.8 Å². The maximum Gasteiger partial charge on any atom is 0 e. The zero-order chi connectivity index (χ0) is 83.5. The van der Waals surface area contributed by atoms with E-state index in [1.165, 1.54) is 129 Å². The van der Waals surface area contributed by atoms with Gasteiger partial charge in [0.2, 0.25) is 0 Å². The van der Waals surface area contributed by atoms with Crippen LogP contribution in [0.5, 0.6) is 0 Å². The van der Waals surface area contributed by atoms with Crippen LogP contribution in [0.4, 0.5) is 0 Å². The number of rotatable bonds is 7.